The lowest BCUT2D eigenvalue weighted by Crippen LogP contribution is -2.26. The second-order valence-corrected chi connectivity index (χ2v) is 7.50. The summed E-state index contributed by atoms with van der Waals surface area (Å²) in [5, 5.41) is 15.1. The Morgan fingerprint density at radius 2 is 1.58 bits per heavy atom. The van der Waals surface area contributed by atoms with E-state index < -0.39 is 0 Å². The highest BCUT2D eigenvalue weighted by Gasteiger charge is 2.18. The zero-order chi connectivity index (χ0) is 21.2. The number of benzene rings is 4. The van der Waals surface area contributed by atoms with Crippen LogP contribution in [-0.4, -0.2) is 17.6 Å². The molecule has 1 amide bonds. The van der Waals surface area contributed by atoms with Crippen molar-refractivity contribution >= 4 is 27.8 Å². The Morgan fingerprint density at radius 3 is 2.45 bits per heavy atom. The Kier molecular flexibility index (Phi) is 4.89. The molecule has 0 aliphatic carbocycles. The van der Waals surface area contributed by atoms with Crippen LogP contribution in [-0.2, 0) is 6.42 Å². The van der Waals surface area contributed by atoms with Gasteiger partial charge in [0.05, 0.1) is 5.56 Å². The van der Waals surface area contributed by atoms with Crippen LogP contribution in [0.3, 0.4) is 0 Å². The molecule has 1 heterocycles. The third-order valence-electron chi connectivity index (χ3n) is 5.48. The van der Waals surface area contributed by atoms with Gasteiger partial charge in [0, 0.05) is 22.9 Å². The summed E-state index contributed by atoms with van der Waals surface area (Å²) in [4.78, 5) is 13.0. The van der Waals surface area contributed by atoms with Crippen molar-refractivity contribution in [3.05, 3.63) is 102 Å². The number of amides is 1. The third kappa shape index (κ3) is 3.64. The monoisotopic (exact) mass is 407 g/mol. The molecule has 5 rings (SSSR count). The molecule has 4 nitrogen and oxygen atoms in total. The SMILES string of the molecule is O=C(NCCc1ccccc1)c1cc(O)ccc1-c1cccc2c1oc1ccccc12. The van der Waals surface area contributed by atoms with Gasteiger partial charge >= 0.3 is 0 Å². The van der Waals surface area contributed by atoms with Gasteiger partial charge in [0.2, 0.25) is 0 Å². The highest BCUT2D eigenvalue weighted by atomic mass is 16.3. The summed E-state index contributed by atoms with van der Waals surface area (Å²) >= 11 is 0. The van der Waals surface area contributed by atoms with Crippen molar-refractivity contribution < 1.29 is 14.3 Å². The van der Waals surface area contributed by atoms with Crippen LogP contribution in [0.2, 0.25) is 0 Å². The fourth-order valence-corrected chi connectivity index (χ4v) is 3.97. The molecule has 0 radical (unpaired) electrons. The second-order valence-electron chi connectivity index (χ2n) is 7.50. The third-order valence-corrected chi connectivity index (χ3v) is 5.48. The topological polar surface area (TPSA) is 62.5 Å². The Hall–Kier alpha value is -4.05. The molecule has 0 saturated carbocycles. The van der Waals surface area contributed by atoms with Crippen LogP contribution in [0.1, 0.15) is 15.9 Å². The molecule has 4 heteroatoms. The molecule has 0 fully saturated rings. The number of hydrogen-bond donors (Lipinski definition) is 2. The van der Waals surface area contributed by atoms with Crippen LogP contribution >= 0.6 is 0 Å². The number of fused-ring (bicyclic) bond motifs is 3. The highest BCUT2D eigenvalue weighted by molar-refractivity contribution is 6.11. The molecule has 5 aromatic rings. The van der Waals surface area contributed by atoms with Crippen molar-refractivity contribution in [3.8, 4) is 16.9 Å². The zero-order valence-electron chi connectivity index (χ0n) is 16.8. The highest BCUT2D eigenvalue weighted by Crippen LogP contribution is 2.37. The van der Waals surface area contributed by atoms with Crippen LogP contribution in [0.5, 0.6) is 5.75 Å². The summed E-state index contributed by atoms with van der Waals surface area (Å²) in [6.45, 7) is 0.507. The Morgan fingerprint density at radius 1 is 0.806 bits per heavy atom. The Labute approximate surface area is 179 Å². The van der Waals surface area contributed by atoms with Crippen molar-refractivity contribution in [1.29, 1.82) is 0 Å². The molecule has 2 N–H and O–H groups in total. The van der Waals surface area contributed by atoms with Crippen LogP contribution in [0, 0.1) is 0 Å². The first kappa shape index (κ1) is 18.9. The molecule has 31 heavy (non-hydrogen) atoms. The van der Waals surface area contributed by atoms with E-state index in [0.29, 0.717) is 12.1 Å². The number of phenols is 1. The predicted molar refractivity (Wildman–Crippen MR) is 123 cm³/mol. The lowest BCUT2D eigenvalue weighted by atomic mass is 9.96. The molecular formula is C27H21NO3. The lowest BCUT2D eigenvalue weighted by Gasteiger charge is -2.12. The Bertz CT molecular complexity index is 1390. The van der Waals surface area contributed by atoms with Gasteiger partial charge in [-0.25, -0.2) is 0 Å². The quantitative estimate of drug-likeness (QED) is 0.379. The maximum absolute atomic E-state index is 13.0. The summed E-state index contributed by atoms with van der Waals surface area (Å²) in [6.07, 6.45) is 0.736. The van der Waals surface area contributed by atoms with Crippen molar-refractivity contribution in [1.82, 2.24) is 5.32 Å². The summed E-state index contributed by atoms with van der Waals surface area (Å²) in [5.41, 5.74) is 4.65. The van der Waals surface area contributed by atoms with Gasteiger partial charge in [-0.15, -0.1) is 0 Å². The zero-order valence-corrected chi connectivity index (χ0v) is 16.8. The van der Waals surface area contributed by atoms with Crippen molar-refractivity contribution in [2.75, 3.05) is 6.54 Å². The number of hydrogen-bond acceptors (Lipinski definition) is 3. The number of phenolic OH excluding ortho intramolecular Hbond substituents is 1. The van der Waals surface area contributed by atoms with Gasteiger partial charge in [-0.2, -0.15) is 0 Å². The molecule has 0 unspecified atom stereocenters. The van der Waals surface area contributed by atoms with Gasteiger partial charge in [0.25, 0.3) is 5.91 Å². The summed E-state index contributed by atoms with van der Waals surface area (Å²) < 4.78 is 6.15. The summed E-state index contributed by atoms with van der Waals surface area (Å²) in [7, 11) is 0. The first-order chi connectivity index (χ1) is 15.2. The van der Waals surface area contributed by atoms with Gasteiger partial charge in [0.15, 0.2) is 0 Å². The minimum Gasteiger partial charge on any atom is -0.508 e. The lowest BCUT2D eigenvalue weighted by molar-refractivity contribution is 0.0954. The maximum Gasteiger partial charge on any atom is 0.252 e. The number of carbonyl (C=O) groups is 1. The van der Waals surface area contributed by atoms with Gasteiger partial charge in [-0.3, -0.25) is 4.79 Å². The van der Waals surface area contributed by atoms with Crippen molar-refractivity contribution in [2.24, 2.45) is 0 Å². The van der Waals surface area contributed by atoms with E-state index in [2.05, 4.69) is 5.32 Å². The molecule has 0 aliphatic rings. The predicted octanol–water partition coefficient (Wildman–Crippen LogP) is 5.93. The average Bonchev–Trinajstić information content (AvgIpc) is 3.19. The van der Waals surface area contributed by atoms with E-state index in [-0.39, 0.29) is 11.7 Å². The molecule has 0 bridgehead atoms. The van der Waals surface area contributed by atoms with Gasteiger partial charge in [-0.1, -0.05) is 66.7 Å². The van der Waals surface area contributed by atoms with Crippen molar-refractivity contribution in [2.45, 2.75) is 6.42 Å². The van der Waals surface area contributed by atoms with Crippen LogP contribution in [0.25, 0.3) is 33.1 Å². The largest absolute Gasteiger partial charge is 0.508 e. The standard InChI is InChI=1S/C27H21NO3/c29-19-13-14-20(24(17-19)27(30)28-16-15-18-7-2-1-3-8-18)22-10-6-11-23-21-9-4-5-12-25(21)31-26(22)23/h1-14,17,29H,15-16H2,(H,28,30). The first-order valence-corrected chi connectivity index (χ1v) is 10.3. The van der Waals surface area contributed by atoms with Gasteiger partial charge in [-0.05, 0) is 41.8 Å². The van der Waals surface area contributed by atoms with E-state index in [1.807, 2.05) is 72.8 Å². The first-order valence-electron chi connectivity index (χ1n) is 10.3. The normalized spacial score (nSPS) is 11.1. The van der Waals surface area contributed by atoms with Crippen LogP contribution in [0.15, 0.2) is 95.4 Å². The van der Waals surface area contributed by atoms with E-state index in [4.69, 9.17) is 4.42 Å². The molecule has 0 saturated heterocycles. The van der Waals surface area contributed by atoms with E-state index >= 15 is 0 Å². The number of nitrogens with one attached hydrogen (secondary N) is 1. The number of carbonyl (C=O) groups excluding carboxylic acids is 1. The Balaban J connectivity index is 1.51. The number of rotatable bonds is 5. The minimum absolute atomic E-state index is 0.0498. The van der Waals surface area contributed by atoms with Gasteiger partial charge in [0.1, 0.15) is 16.9 Å². The maximum atomic E-state index is 13.0. The fraction of sp³-hybridized carbons (Fsp3) is 0.0741. The van der Waals surface area contributed by atoms with Crippen molar-refractivity contribution in [3.63, 3.8) is 0 Å². The minimum atomic E-state index is -0.227. The number of para-hydroxylation sites is 2. The fourth-order valence-electron chi connectivity index (χ4n) is 3.97. The molecule has 0 atom stereocenters. The smallest absolute Gasteiger partial charge is 0.252 e. The molecular weight excluding hydrogens is 386 g/mol. The average molecular weight is 407 g/mol. The van der Waals surface area contributed by atoms with E-state index in [1.165, 1.54) is 6.07 Å². The van der Waals surface area contributed by atoms with E-state index in [1.54, 1.807) is 12.1 Å². The number of furan rings is 1. The summed E-state index contributed by atoms with van der Waals surface area (Å²) in [6, 6.07) is 28.7. The molecule has 0 spiro atoms. The molecule has 0 aliphatic heterocycles. The molecule has 4 aromatic carbocycles. The van der Waals surface area contributed by atoms with Crippen LogP contribution in [0.4, 0.5) is 0 Å². The van der Waals surface area contributed by atoms with Crippen LogP contribution < -0.4 is 5.32 Å². The summed E-state index contributed by atoms with van der Waals surface area (Å²) in [5.74, 6) is -0.177. The van der Waals surface area contributed by atoms with E-state index in [0.717, 1.165) is 45.0 Å². The van der Waals surface area contributed by atoms with Gasteiger partial charge < -0.3 is 14.8 Å². The second kappa shape index (κ2) is 8.00. The number of aromatic hydroxyl groups is 1. The molecule has 152 valence electrons. The molecule has 1 aromatic heterocycles. The van der Waals surface area contributed by atoms with E-state index in [9.17, 15) is 9.90 Å².